The molecule has 8 nitrogen and oxygen atoms in total. The van der Waals surface area contributed by atoms with Gasteiger partial charge in [-0.25, -0.2) is 17.6 Å². The van der Waals surface area contributed by atoms with Crippen LogP contribution in [0.3, 0.4) is 0 Å². The van der Waals surface area contributed by atoms with Crippen LogP contribution in [0.5, 0.6) is 0 Å². The fraction of sp³-hybridized carbons (Fsp3) is 0.119. The number of imidazole rings is 2. The van der Waals surface area contributed by atoms with E-state index in [4.69, 9.17) is 0 Å². The Balaban J connectivity index is 0.000000175. The van der Waals surface area contributed by atoms with Crippen molar-refractivity contribution in [1.29, 1.82) is 0 Å². The van der Waals surface area contributed by atoms with Gasteiger partial charge in [0.15, 0.2) is 0 Å². The number of nitrogens with zero attached hydrogens (tertiary/aromatic N) is 8. The molecular weight excluding hydrogens is 961 g/mol. The molecule has 4 aromatic carbocycles. The second kappa shape index (κ2) is 18.5. The SMILES string of the molecule is Cc1c(C)[n+](-c2ccc(F)cc2F)[c-]n1-c1[c-]cc(F)cc1F.Cc1c(C)[n+](-c2ccc(F)cc2F)[c-]n1-c1[c-]cc(F)cc1F.Cc1n[n-]c(-c2ccccn2)n1.[Ir]. The fourth-order valence-corrected chi connectivity index (χ4v) is 5.52. The summed E-state index contributed by atoms with van der Waals surface area (Å²) in [6.45, 7) is 8.54. The third-order valence-corrected chi connectivity index (χ3v) is 8.66. The van der Waals surface area contributed by atoms with Crippen molar-refractivity contribution in [2.45, 2.75) is 34.6 Å². The molecule has 0 aliphatic carbocycles. The van der Waals surface area contributed by atoms with E-state index in [0.29, 0.717) is 34.4 Å². The van der Waals surface area contributed by atoms with Crippen molar-refractivity contribution >= 4 is 0 Å². The molecule has 0 aliphatic heterocycles. The summed E-state index contributed by atoms with van der Waals surface area (Å²) in [5.74, 6) is -4.78. The first-order chi connectivity index (χ1) is 27.6. The van der Waals surface area contributed by atoms with E-state index in [-0.39, 0.29) is 42.9 Å². The molecule has 8 rings (SSSR count). The number of pyridine rings is 1. The van der Waals surface area contributed by atoms with Gasteiger partial charge in [0.25, 0.3) is 12.7 Å². The summed E-state index contributed by atoms with van der Waals surface area (Å²) in [4.78, 5) is 8.19. The molecule has 0 fully saturated rings. The quantitative estimate of drug-likeness (QED) is 0.100. The summed E-state index contributed by atoms with van der Waals surface area (Å²) >= 11 is 0. The summed E-state index contributed by atoms with van der Waals surface area (Å²) < 4.78 is 113. The Labute approximate surface area is 346 Å². The first-order valence-corrected chi connectivity index (χ1v) is 17.1. The molecule has 17 heteroatoms. The maximum atomic E-state index is 14.0. The van der Waals surface area contributed by atoms with Crippen molar-refractivity contribution in [1.82, 2.24) is 29.3 Å². The van der Waals surface area contributed by atoms with E-state index in [1.807, 2.05) is 18.2 Å². The van der Waals surface area contributed by atoms with Crippen LogP contribution in [-0.2, 0) is 20.1 Å². The molecule has 0 unspecified atom stereocenters. The van der Waals surface area contributed by atoms with Crippen LogP contribution in [0.15, 0.2) is 85.1 Å². The minimum Gasteiger partial charge on any atom is -0.421 e. The van der Waals surface area contributed by atoms with Crippen LogP contribution >= 0.6 is 0 Å². The molecule has 1 radical (unpaired) electrons. The van der Waals surface area contributed by atoms with Crippen molar-refractivity contribution in [3.63, 3.8) is 0 Å². The van der Waals surface area contributed by atoms with Crippen LogP contribution in [0.4, 0.5) is 35.1 Å². The van der Waals surface area contributed by atoms with Gasteiger partial charge in [0.05, 0.1) is 17.1 Å². The number of benzene rings is 4. The molecule has 0 saturated heterocycles. The standard InChI is InChI=1S/2C17H11F4N2.C8H7N4.Ir/c2*1-10-11(2)23(17-6-4-13(19)8-15(17)21)9-22(10)16-5-3-12(18)7-14(16)20;1-6-10-8(12-11-6)7-4-2-3-5-9-7;/h2*3-5,7-8H,1-2H3;2-5H,1H3;/q3*-1;. The van der Waals surface area contributed by atoms with Gasteiger partial charge in [0.2, 0.25) is 0 Å². The van der Waals surface area contributed by atoms with Gasteiger partial charge in [-0.1, -0.05) is 6.07 Å². The largest absolute Gasteiger partial charge is 0.421 e. The topological polar surface area (TPSA) is 70.4 Å². The van der Waals surface area contributed by atoms with E-state index >= 15 is 0 Å². The summed E-state index contributed by atoms with van der Waals surface area (Å²) in [7, 11) is 0. The molecule has 0 aliphatic rings. The molecular formula is C42H29F8IrN8-3. The number of rotatable bonds is 5. The van der Waals surface area contributed by atoms with E-state index in [1.54, 1.807) is 40.8 Å². The van der Waals surface area contributed by atoms with Crippen LogP contribution in [0.2, 0.25) is 0 Å². The minimum atomic E-state index is -0.814. The van der Waals surface area contributed by atoms with Gasteiger partial charge in [-0.15, -0.1) is 24.3 Å². The fourth-order valence-electron chi connectivity index (χ4n) is 5.52. The first kappa shape index (κ1) is 43.8. The minimum absolute atomic E-state index is 0. The van der Waals surface area contributed by atoms with Gasteiger partial charge in [-0.2, -0.15) is 12.1 Å². The molecule has 59 heavy (non-hydrogen) atoms. The Kier molecular flexibility index (Phi) is 13.7. The summed E-state index contributed by atoms with van der Waals surface area (Å²) in [6, 6.07) is 20.4. The molecule has 4 heterocycles. The van der Waals surface area contributed by atoms with E-state index in [2.05, 4.69) is 45.0 Å². The van der Waals surface area contributed by atoms with Crippen LogP contribution in [0.1, 0.15) is 28.6 Å². The van der Waals surface area contributed by atoms with E-state index in [0.717, 1.165) is 54.2 Å². The Morgan fingerprint density at radius 3 is 1.41 bits per heavy atom. The molecule has 0 N–H and O–H groups in total. The predicted molar refractivity (Wildman–Crippen MR) is 192 cm³/mol. The van der Waals surface area contributed by atoms with Crippen LogP contribution in [-0.4, -0.2) is 24.2 Å². The molecule has 0 saturated carbocycles. The third kappa shape index (κ3) is 9.70. The average molecular weight is 990 g/mol. The van der Waals surface area contributed by atoms with Crippen LogP contribution < -0.4 is 14.2 Å². The van der Waals surface area contributed by atoms with Gasteiger partial charge in [0.1, 0.15) is 34.6 Å². The monoisotopic (exact) mass is 990 g/mol. The summed E-state index contributed by atoms with van der Waals surface area (Å²) in [5, 5.41) is 7.65. The third-order valence-electron chi connectivity index (χ3n) is 8.66. The molecule has 8 aromatic rings. The molecule has 4 aromatic heterocycles. The number of hydrogen-bond donors (Lipinski definition) is 0. The van der Waals surface area contributed by atoms with E-state index in [1.165, 1.54) is 30.4 Å². The smallest absolute Gasteiger partial charge is 0.267 e. The zero-order valence-electron chi connectivity index (χ0n) is 31.5. The Hall–Kier alpha value is -6.32. The number of halogens is 8. The predicted octanol–water partition coefficient (Wildman–Crippen LogP) is 7.86. The van der Waals surface area contributed by atoms with E-state index in [9.17, 15) is 35.1 Å². The van der Waals surface area contributed by atoms with Crippen molar-refractivity contribution in [2.75, 3.05) is 0 Å². The zero-order chi connectivity index (χ0) is 41.8. The number of hydrogen-bond acceptors (Lipinski definition) is 3. The molecule has 0 spiro atoms. The number of aromatic nitrogens is 8. The maximum Gasteiger partial charge on any atom is 0.267 e. The second-order valence-electron chi connectivity index (χ2n) is 12.5. The normalized spacial score (nSPS) is 10.7. The molecule has 0 bridgehead atoms. The maximum absolute atomic E-state index is 14.0. The van der Waals surface area contributed by atoms with Gasteiger partial charge >= 0.3 is 0 Å². The molecule has 0 amide bonds. The molecule has 305 valence electrons. The summed E-state index contributed by atoms with van der Waals surface area (Å²) in [5.41, 5.74) is 3.13. The van der Waals surface area contributed by atoms with Crippen molar-refractivity contribution in [2.24, 2.45) is 0 Å². The Morgan fingerprint density at radius 1 is 0.576 bits per heavy atom. The van der Waals surface area contributed by atoms with Gasteiger partial charge in [0, 0.05) is 78.9 Å². The second-order valence-corrected chi connectivity index (χ2v) is 12.5. The van der Waals surface area contributed by atoms with Crippen molar-refractivity contribution in [3.05, 3.63) is 185 Å². The van der Waals surface area contributed by atoms with Crippen molar-refractivity contribution in [3.8, 4) is 34.3 Å². The first-order valence-electron chi connectivity index (χ1n) is 17.1. The summed E-state index contributed by atoms with van der Waals surface area (Å²) in [6.07, 6.45) is 7.27. The Bertz CT molecular complexity index is 2450. The zero-order valence-corrected chi connectivity index (χ0v) is 33.9. The van der Waals surface area contributed by atoms with Crippen molar-refractivity contribution < 1.29 is 64.4 Å². The van der Waals surface area contributed by atoms with Gasteiger partial charge in [-0.3, -0.25) is 36.8 Å². The Morgan fingerprint density at radius 2 is 1.03 bits per heavy atom. The molecule has 0 atom stereocenters. The van der Waals surface area contributed by atoms with Gasteiger partial charge in [-0.05, 0) is 88.2 Å². The van der Waals surface area contributed by atoms with Crippen LogP contribution in [0.25, 0.3) is 34.3 Å². The van der Waals surface area contributed by atoms with Crippen LogP contribution in [0, 0.1) is 106 Å². The van der Waals surface area contributed by atoms with Gasteiger partial charge < -0.3 is 19.2 Å². The van der Waals surface area contributed by atoms with E-state index < -0.39 is 46.5 Å². The number of aryl methyl sites for hydroxylation is 1. The average Bonchev–Trinajstić information content (AvgIpc) is 3.84.